The zero-order valence-electron chi connectivity index (χ0n) is 10.6. The fraction of sp³-hybridized carbons (Fsp3) is 0.917. The Labute approximate surface area is 94.0 Å². The van der Waals surface area contributed by atoms with Gasteiger partial charge < -0.3 is 10.6 Å². The molecular formula is C12H26N2O. The van der Waals surface area contributed by atoms with E-state index in [1.807, 2.05) is 11.9 Å². The Morgan fingerprint density at radius 2 is 1.87 bits per heavy atom. The lowest BCUT2D eigenvalue weighted by Gasteiger charge is -2.26. The maximum Gasteiger partial charge on any atom is 0.222 e. The number of hydrogen-bond donors (Lipinski definition) is 1. The van der Waals surface area contributed by atoms with Gasteiger partial charge in [0.05, 0.1) is 0 Å². The van der Waals surface area contributed by atoms with Gasteiger partial charge in [-0.25, -0.2) is 0 Å². The Bertz CT molecular complexity index is 180. The molecule has 0 aliphatic rings. The molecule has 1 amide bonds. The fourth-order valence-corrected chi connectivity index (χ4v) is 1.68. The molecule has 0 saturated carbocycles. The molecule has 0 aromatic heterocycles. The average molecular weight is 214 g/mol. The first-order valence-electron chi connectivity index (χ1n) is 5.94. The van der Waals surface area contributed by atoms with Gasteiger partial charge in [-0.15, -0.1) is 0 Å². The quantitative estimate of drug-likeness (QED) is 0.659. The van der Waals surface area contributed by atoms with Gasteiger partial charge in [-0.1, -0.05) is 13.8 Å². The molecule has 2 N–H and O–H groups in total. The van der Waals surface area contributed by atoms with E-state index in [1.54, 1.807) is 0 Å². The number of amides is 1. The van der Waals surface area contributed by atoms with Crippen LogP contribution in [0.25, 0.3) is 0 Å². The van der Waals surface area contributed by atoms with Crippen LogP contribution in [0.2, 0.25) is 0 Å². The molecule has 3 heteroatoms. The minimum absolute atomic E-state index is 0.247. The van der Waals surface area contributed by atoms with E-state index in [0.29, 0.717) is 24.9 Å². The Hall–Kier alpha value is -0.570. The van der Waals surface area contributed by atoms with E-state index in [0.717, 1.165) is 19.3 Å². The van der Waals surface area contributed by atoms with Crippen molar-refractivity contribution in [1.82, 2.24) is 4.90 Å². The summed E-state index contributed by atoms with van der Waals surface area (Å²) in [5, 5.41) is 0. The van der Waals surface area contributed by atoms with E-state index in [2.05, 4.69) is 20.8 Å². The molecular weight excluding hydrogens is 188 g/mol. The van der Waals surface area contributed by atoms with Crippen LogP contribution < -0.4 is 5.73 Å². The second-order valence-electron chi connectivity index (χ2n) is 4.73. The highest BCUT2D eigenvalue weighted by Gasteiger charge is 2.15. The Morgan fingerprint density at radius 3 is 2.33 bits per heavy atom. The van der Waals surface area contributed by atoms with E-state index in [4.69, 9.17) is 5.73 Å². The SMILES string of the molecule is CC(C)CC(C)N(C)C(=O)CCCCN. The number of hydrogen-bond acceptors (Lipinski definition) is 2. The van der Waals surface area contributed by atoms with Gasteiger partial charge in [0.1, 0.15) is 0 Å². The van der Waals surface area contributed by atoms with E-state index in [1.165, 1.54) is 0 Å². The van der Waals surface area contributed by atoms with Crippen LogP contribution in [-0.4, -0.2) is 30.4 Å². The Balaban J connectivity index is 3.85. The number of carbonyl (C=O) groups is 1. The third kappa shape index (κ3) is 6.50. The van der Waals surface area contributed by atoms with Gasteiger partial charge in [0.15, 0.2) is 0 Å². The number of nitrogens with two attached hydrogens (primary N) is 1. The first kappa shape index (κ1) is 14.4. The monoisotopic (exact) mass is 214 g/mol. The van der Waals surface area contributed by atoms with E-state index < -0.39 is 0 Å². The molecule has 0 aromatic carbocycles. The van der Waals surface area contributed by atoms with Gasteiger partial charge >= 0.3 is 0 Å². The number of carbonyl (C=O) groups excluding carboxylic acids is 1. The highest BCUT2D eigenvalue weighted by molar-refractivity contribution is 5.76. The molecule has 0 fully saturated rings. The van der Waals surface area contributed by atoms with Crippen molar-refractivity contribution in [3.05, 3.63) is 0 Å². The molecule has 0 heterocycles. The van der Waals surface area contributed by atoms with Crippen LogP contribution in [0, 0.1) is 5.92 Å². The summed E-state index contributed by atoms with van der Waals surface area (Å²) in [6.45, 7) is 7.16. The van der Waals surface area contributed by atoms with E-state index in [-0.39, 0.29) is 5.91 Å². The minimum atomic E-state index is 0.247. The van der Waals surface area contributed by atoms with Gasteiger partial charge in [0.25, 0.3) is 0 Å². The van der Waals surface area contributed by atoms with Gasteiger partial charge in [-0.05, 0) is 38.6 Å². The number of unbranched alkanes of at least 4 members (excludes halogenated alkanes) is 1. The standard InChI is InChI=1S/C12H26N2O/c1-10(2)9-11(3)14(4)12(15)7-5-6-8-13/h10-11H,5-9,13H2,1-4H3. The number of nitrogens with zero attached hydrogens (tertiary/aromatic N) is 1. The highest BCUT2D eigenvalue weighted by Crippen LogP contribution is 2.11. The zero-order chi connectivity index (χ0) is 11.8. The first-order chi connectivity index (χ1) is 6.99. The lowest BCUT2D eigenvalue weighted by Crippen LogP contribution is -2.35. The van der Waals surface area contributed by atoms with Gasteiger partial charge in [-0.3, -0.25) is 4.79 Å². The van der Waals surface area contributed by atoms with Crippen molar-refractivity contribution >= 4 is 5.91 Å². The molecule has 0 radical (unpaired) electrons. The Morgan fingerprint density at radius 1 is 1.27 bits per heavy atom. The largest absolute Gasteiger partial charge is 0.343 e. The van der Waals surface area contributed by atoms with Gasteiger partial charge in [0.2, 0.25) is 5.91 Å². The van der Waals surface area contributed by atoms with Crippen LogP contribution in [0.1, 0.15) is 46.5 Å². The summed E-state index contributed by atoms with van der Waals surface area (Å²) in [7, 11) is 1.90. The smallest absolute Gasteiger partial charge is 0.222 e. The fourth-order valence-electron chi connectivity index (χ4n) is 1.68. The van der Waals surface area contributed by atoms with Crippen LogP contribution in [0.4, 0.5) is 0 Å². The normalized spacial score (nSPS) is 12.9. The maximum atomic E-state index is 11.7. The van der Waals surface area contributed by atoms with E-state index in [9.17, 15) is 4.79 Å². The second kappa shape index (κ2) is 7.69. The second-order valence-corrected chi connectivity index (χ2v) is 4.73. The van der Waals surface area contributed by atoms with Crippen molar-refractivity contribution in [2.24, 2.45) is 11.7 Å². The number of rotatable bonds is 7. The molecule has 0 rings (SSSR count). The van der Waals surface area contributed by atoms with Crippen molar-refractivity contribution in [2.45, 2.75) is 52.5 Å². The highest BCUT2D eigenvalue weighted by atomic mass is 16.2. The summed E-state index contributed by atoms with van der Waals surface area (Å²) in [5.41, 5.74) is 5.39. The lowest BCUT2D eigenvalue weighted by molar-refractivity contribution is -0.132. The molecule has 3 nitrogen and oxygen atoms in total. The summed E-state index contributed by atoms with van der Waals surface area (Å²) in [5.74, 6) is 0.885. The van der Waals surface area contributed by atoms with Crippen molar-refractivity contribution < 1.29 is 4.79 Å². The summed E-state index contributed by atoms with van der Waals surface area (Å²) < 4.78 is 0. The zero-order valence-corrected chi connectivity index (χ0v) is 10.6. The first-order valence-corrected chi connectivity index (χ1v) is 5.94. The van der Waals surface area contributed by atoms with Crippen molar-refractivity contribution in [3.8, 4) is 0 Å². The summed E-state index contributed by atoms with van der Waals surface area (Å²) in [4.78, 5) is 13.6. The maximum absolute atomic E-state index is 11.7. The minimum Gasteiger partial charge on any atom is -0.343 e. The van der Waals surface area contributed by atoms with Crippen molar-refractivity contribution in [2.75, 3.05) is 13.6 Å². The van der Waals surface area contributed by atoms with Crippen LogP contribution in [0.5, 0.6) is 0 Å². The van der Waals surface area contributed by atoms with Crippen molar-refractivity contribution in [1.29, 1.82) is 0 Å². The molecule has 0 aromatic rings. The van der Waals surface area contributed by atoms with Crippen molar-refractivity contribution in [3.63, 3.8) is 0 Å². The van der Waals surface area contributed by atoms with E-state index >= 15 is 0 Å². The molecule has 0 bridgehead atoms. The van der Waals surface area contributed by atoms with Gasteiger partial charge in [0, 0.05) is 19.5 Å². The molecule has 1 atom stereocenters. The lowest BCUT2D eigenvalue weighted by atomic mass is 10.0. The summed E-state index contributed by atoms with van der Waals surface area (Å²) in [6.07, 6.45) is 3.56. The van der Waals surface area contributed by atoms with Crippen LogP contribution in [-0.2, 0) is 4.79 Å². The van der Waals surface area contributed by atoms with Crippen LogP contribution in [0.15, 0.2) is 0 Å². The summed E-state index contributed by atoms with van der Waals surface area (Å²) >= 11 is 0. The summed E-state index contributed by atoms with van der Waals surface area (Å²) in [6, 6.07) is 0.343. The molecule has 0 spiro atoms. The predicted molar refractivity (Wildman–Crippen MR) is 64.6 cm³/mol. The topological polar surface area (TPSA) is 46.3 Å². The molecule has 1 unspecified atom stereocenters. The van der Waals surface area contributed by atoms with Crippen LogP contribution in [0.3, 0.4) is 0 Å². The third-order valence-electron chi connectivity index (χ3n) is 2.71. The average Bonchev–Trinajstić information content (AvgIpc) is 2.15. The third-order valence-corrected chi connectivity index (χ3v) is 2.71. The molecule has 90 valence electrons. The predicted octanol–water partition coefficient (Wildman–Crippen LogP) is 2.01. The van der Waals surface area contributed by atoms with Gasteiger partial charge in [-0.2, -0.15) is 0 Å². The molecule has 15 heavy (non-hydrogen) atoms. The molecule has 0 aliphatic heterocycles. The van der Waals surface area contributed by atoms with Crippen LogP contribution >= 0.6 is 0 Å². The Kier molecular flexibility index (Phi) is 7.39. The molecule has 0 saturated heterocycles. The molecule has 0 aliphatic carbocycles.